The Morgan fingerprint density at radius 1 is 1.29 bits per heavy atom. The highest BCUT2D eigenvalue weighted by Crippen LogP contribution is 2.34. The molecule has 0 spiro atoms. The van der Waals surface area contributed by atoms with E-state index >= 15 is 0 Å². The first-order valence-corrected chi connectivity index (χ1v) is 8.26. The number of nitrogens with zero attached hydrogens (tertiary/aromatic N) is 1. The van der Waals surface area contributed by atoms with Crippen LogP contribution in [0.5, 0.6) is 11.5 Å². The smallest absolute Gasteiger partial charge is 0.161 e. The van der Waals surface area contributed by atoms with E-state index in [1.165, 1.54) is 24.8 Å². The summed E-state index contributed by atoms with van der Waals surface area (Å²) < 4.78 is 11.8. The van der Waals surface area contributed by atoms with Gasteiger partial charge in [-0.25, -0.2) is 0 Å². The number of piperidine rings is 1. The normalized spacial score (nSPS) is 21.1. The topological polar surface area (TPSA) is 47.7 Å². The number of hydrogen-bond donors (Lipinski definition) is 1. The molecule has 0 bridgehead atoms. The van der Waals surface area contributed by atoms with Gasteiger partial charge in [-0.05, 0) is 44.0 Å². The second-order valence-electron chi connectivity index (χ2n) is 5.69. The molecule has 21 heavy (non-hydrogen) atoms. The lowest BCUT2D eigenvalue weighted by atomic mass is 9.96. The Morgan fingerprint density at radius 2 is 1.95 bits per heavy atom. The molecule has 5 heteroatoms. The van der Waals surface area contributed by atoms with Crippen LogP contribution in [0.1, 0.15) is 31.7 Å². The molecule has 0 aromatic heterocycles. The van der Waals surface area contributed by atoms with Crippen molar-refractivity contribution in [1.82, 2.24) is 4.90 Å². The molecule has 2 N–H and O–H groups in total. The van der Waals surface area contributed by atoms with Crippen LogP contribution in [-0.4, -0.2) is 37.7 Å². The van der Waals surface area contributed by atoms with Gasteiger partial charge in [-0.1, -0.05) is 22.4 Å². The summed E-state index contributed by atoms with van der Waals surface area (Å²) >= 11 is 3.64. The van der Waals surface area contributed by atoms with Crippen LogP contribution in [0.4, 0.5) is 0 Å². The van der Waals surface area contributed by atoms with Gasteiger partial charge >= 0.3 is 0 Å². The van der Waals surface area contributed by atoms with Crippen molar-refractivity contribution in [2.24, 2.45) is 5.73 Å². The Bertz CT molecular complexity index is 480. The number of methoxy groups -OCH3 is 2. The lowest BCUT2D eigenvalue weighted by Gasteiger charge is -2.38. The third-order valence-corrected chi connectivity index (χ3v) is 4.94. The van der Waals surface area contributed by atoms with Gasteiger partial charge in [0.05, 0.1) is 14.2 Å². The molecular formula is C16H25BrN2O2. The summed E-state index contributed by atoms with van der Waals surface area (Å²) in [7, 11) is 3.32. The predicted molar refractivity (Wildman–Crippen MR) is 88.9 cm³/mol. The van der Waals surface area contributed by atoms with Gasteiger partial charge in [0.25, 0.3) is 0 Å². The number of rotatable bonds is 5. The summed E-state index contributed by atoms with van der Waals surface area (Å²) in [6.07, 6.45) is 3.70. The molecule has 0 radical (unpaired) electrons. The van der Waals surface area contributed by atoms with Crippen molar-refractivity contribution < 1.29 is 9.47 Å². The van der Waals surface area contributed by atoms with Crippen molar-refractivity contribution in [2.75, 3.05) is 20.8 Å². The molecule has 1 saturated heterocycles. The summed E-state index contributed by atoms with van der Waals surface area (Å²) in [5, 5.41) is 0. The van der Waals surface area contributed by atoms with Crippen LogP contribution in [0.15, 0.2) is 16.6 Å². The average molecular weight is 357 g/mol. The van der Waals surface area contributed by atoms with Crippen molar-refractivity contribution in [3.8, 4) is 11.5 Å². The van der Waals surface area contributed by atoms with Crippen molar-refractivity contribution in [1.29, 1.82) is 0 Å². The molecule has 2 atom stereocenters. The van der Waals surface area contributed by atoms with Gasteiger partial charge in [0.15, 0.2) is 11.5 Å². The highest BCUT2D eigenvalue weighted by atomic mass is 79.9. The number of ether oxygens (including phenoxy) is 2. The third-order valence-electron chi connectivity index (χ3n) is 4.20. The molecule has 2 rings (SSSR count). The first-order valence-electron chi connectivity index (χ1n) is 7.46. The van der Waals surface area contributed by atoms with Gasteiger partial charge in [-0.2, -0.15) is 0 Å². The summed E-state index contributed by atoms with van der Waals surface area (Å²) in [6, 6.07) is 4.68. The molecule has 4 nitrogen and oxygen atoms in total. The molecule has 1 fully saturated rings. The minimum absolute atomic E-state index is 0.198. The third kappa shape index (κ3) is 3.90. The molecule has 0 aliphatic carbocycles. The van der Waals surface area contributed by atoms with Crippen LogP contribution in [0.2, 0.25) is 0 Å². The number of benzene rings is 1. The number of nitrogens with two attached hydrogens (primary N) is 1. The summed E-state index contributed by atoms with van der Waals surface area (Å²) in [6.45, 7) is 4.09. The van der Waals surface area contributed by atoms with Crippen LogP contribution >= 0.6 is 15.9 Å². The Labute approximate surface area is 135 Å². The molecule has 1 aliphatic rings. The summed E-state index contributed by atoms with van der Waals surface area (Å²) in [5.74, 6) is 1.51. The predicted octanol–water partition coefficient (Wildman–Crippen LogP) is 3.17. The number of halogens is 1. The standard InChI is InChI=1S/C16H25BrN2O2/c1-11(18)14-6-4-5-7-19(14)10-12-8-15(20-2)16(21-3)9-13(12)17/h8-9,11,14H,4-7,10,18H2,1-3H3. The highest BCUT2D eigenvalue weighted by molar-refractivity contribution is 9.10. The molecular weight excluding hydrogens is 332 g/mol. The molecule has 118 valence electrons. The van der Waals surface area contributed by atoms with E-state index in [-0.39, 0.29) is 6.04 Å². The van der Waals surface area contributed by atoms with Gasteiger partial charge in [0.1, 0.15) is 0 Å². The zero-order valence-corrected chi connectivity index (χ0v) is 14.6. The van der Waals surface area contributed by atoms with Crippen LogP contribution in [-0.2, 0) is 6.54 Å². The minimum atomic E-state index is 0.198. The SMILES string of the molecule is COc1cc(Br)c(CN2CCCCC2C(C)N)cc1OC. The van der Waals surface area contributed by atoms with E-state index in [0.717, 1.165) is 29.1 Å². The van der Waals surface area contributed by atoms with Gasteiger partial charge in [0, 0.05) is 23.1 Å². The van der Waals surface area contributed by atoms with Crippen molar-refractivity contribution in [3.05, 3.63) is 22.2 Å². The Hall–Kier alpha value is -0.780. The fourth-order valence-corrected chi connectivity index (χ4v) is 3.49. The second-order valence-corrected chi connectivity index (χ2v) is 6.55. The molecule has 0 amide bonds. The lowest BCUT2D eigenvalue weighted by Crippen LogP contribution is -2.48. The maximum atomic E-state index is 6.15. The monoisotopic (exact) mass is 356 g/mol. The van der Waals surface area contributed by atoms with Gasteiger partial charge < -0.3 is 15.2 Å². The Kier molecular flexibility index (Phi) is 5.90. The van der Waals surface area contributed by atoms with E-state index in [1.54, 1.807) is 14.2 Å². The van der Waals surface area contributed by atoms with Crippen molar-refractivity contribution >= 4 is 15.9 Å². The second kappa shape index (κ2) is 7.47. The Balaban J connectivity index is 2.21. The van der Waals surface area contributed by atoms with E-state index in [4.69, 9.17) is 15.2 Å². The largest absolute Gasteiger partial charge is 0.493 e. The summed E-state index contributed by atoms with van der Waals surface area (Å²) in [4.78, 5) is 2.49. The fourth-order valence-electron chi connectivity index (χ4n) is 3.04. The van der Waals surface area contributed by atoms with E-state index < -0.39 is 0 Å². The molecule has 0 saturated carbocycles. The zero-order valence-electron chi connectivity index (χ0n) is 13.1. The number of likely N-dealkylation sites (tertiary alicyclic amines) is 1. The van der Waals surface area contributed by atoms with Crippen LogP contribution < -0.4 is 15.2 Å². The quantitative estimate of drug-likeness (QED) is 0.879. The van der Waals surface area contributed by atoms with E-state index in [2.05, 4.69) is 33.8 Å². The lowest BCUT2D eigenvalue weighted by molar-refractivity contribution is 0.122. The first-order chi connectivity index (χ1) is 10.1. The van der Waals surface area contributed by atoms with Crippen molar-refractivity contribution in [2.45, 2.75) is 44.8 Å². The van der Waals surface area contributed by atoms with Crippen LogP contribution in [0.3, 0.4) is 0 Å². The average Bonchev–Trinajstić information content (AvgIpc) is 2.49. The molecule has 1 aromatic rings. The van der Waals surface area contributed by atoms with Gasteiger partial charge in [-0.3, -0.25) is 4.90 Å². The summed E-state index contributed by atoms with van der Waals surface area (Å²) in [5.41, 5.74) is 7.36. The van der Waals surface area contributed by atoms with Crippen LogP contribution in [0.25, 0.3) is 0 Å². The maximum Gasteiger partial charge on any atom is 0.161 e. The first kappa shape index (κ1) is 16.6. The molecule has 1 heterocycles. The van der Waals surface area contributed by atoms with Gasteiger partial charge in [-0.15, -0.1) is 0 Å². The fraction of sp³-hybridized carbons (Fsp3) is 0.625. The molecule has 1 aliphatic heterocycles. The maximum absolute atomic E-state index is 6.15. The zero-order chi connectivity index (χ0) is 15.4. The van der Waals surface area contributed by atoms with Crippen molar-refractivity contribution in [3.63, 3.8) is 0 Å². The molecule has 1 aromatic carbocycles. The van der Waals surface area contributed by atoms with E-state index in [0.29, 0.717) is 6.04 Å². The van der Waals surface area contributed by atoms with Gasteiger partial charge in [0.2, 0.25) is 0 Å². The number of hydrogen-bond acceptors (Lipinski definition) is 4. The highest BCUT2D eigenvalue weighted by Gasteiger charge is 2.26. The van der Waals surface area contributed by atoms with E-state index in [9.17, 15) is 0 Å². The van der Waals surface area contributed by atoms with E-state index in [1.807, 2.05) is 6.07 Å². The minimum Gasteiger partial charge on any atom is -0.493 e. The molecule has 2 unspecified atom stereocenters. The Morgan fingerprint density at radius 3 is 2.57 bits per heavy atom. The van der Waals surface area contributed by atoms with Crippen LogP contribution in [0, 0.1) is 0 Å².